The lowest BCUT2D eigenvalue weighted by atomic mass is 10.1. The highest BCUT2D eigenvalue weighted by Crippen LogP contribution is 2.24. The minimum Gasteiger partial charge on any atom is -0.266 e. The molecule has 5 heteroatoms. The van der Waals surface area contributed by atoms with Crippen LogP contribution >= 0.6 is 15.9 Å². The van der Waals surface area contributed by atoms with Crippen LogP contribution in [0.3, 0.4) is 0 Å². The minimum atomic E-state index is -3.34. The predicted molar refractivity (Wildman–Crippen MR) is 91.1 cm³/mol. The molecule has 0 amide bonds. The Morgan fingerprint density at radius 2 is 1.52 bits per heavy atom. The van der Waals surface area contributed by atoms with Gasteiger partial charge in [-0.05, 0) is 54.8 Å². The number of anilines is 1. The second-order valence-corrected chi connectivity index (χ2v) is 8.06. The molecule has 0 heterocycles. The van der Waals surface area contributed by atoms with E-state index >= 15 is 0 Å². The highest BCUT2D eigenvalue weighted by molar-refractivity contribution is 9.10. The van der Waals surface area contributed by atoms with Crippen LogP contribution in [0.1, 0.15) is 16.7 Å². The maximum atomic E-state index is 12.1. The third-order valence-corrected chi connectivity index (χ3v) is 4.80. The van der Waals surface area contributed by atoms with E-state index in [2.05, 4.69) is 15.9 Å². The van der Waals surface area contributed by atoms with Gasteiger partial charge in [0.15, 0.2) is 0 Å². The summed E-state index contributed by atoms with van der Waals surface area (Å²) in [5.41, 5.74) is 3.75. The van der Waals surface area contributed by atoms with Crippen LogP contribution in [0, 0.1) is 13.8 Å². The number of benzene rings is 2. The van der Waals surface area contributed by atoms with Gasteiger partial charge in [-0.1, -0.05) is 34.1 Å². The normalized spacial score (nSPS) is 11.4. The Morgan fingerprint density at radius 3 is 2.00 bits per heavy atom. The second-order valence-electron chi connectivity index (χ2n) is 5.24. The molecule has 0 N–H and O–H groups in total. The molecule has 0 saturated carbocycles. The monoisotopic (exact) mass is 367 g/mol. The summed E-state index contributed by atoms with van der Waals surface area (Å²) in [4.78, 5) is 0. The summed E-state index contributed by atoms with van der Waals surface area (Å²) >= 11 is 3.38. The third-order valence-electron chi connectivity index (χ3n) is 3.13. The zero-order valence-corrected chi connectivity index (χ0v) is 14.7. The first kappa shape index (κ1) is 16.0. The highest BCUT2D eigenvalue weighted by Gasteiger charge is 2.18. The molecule has 0 aromatic heterocycles. The number of rotatable bonds is 4. The van der Waals surface area contributed by atoms with Gasteiger partial charge >= 0.3 is 0 Å². The summed E-state index contributed by atoms with van der Waals surface area (Å²) in [6.07, 6.45) is 1.24. The molecule has 0 atom stereocenters. The topological polar surface area (TPSA) is 37.4 Å². The summed E-state index contributed by atoms with van der Waals surface area (Å²) in [5.74, 6) is 0. The Morgan fingerprint density at radius 1 is 1.00 bits per heavy atom. The molecule has 0 aliphatic heterocycles. The fraction of sp³-hybridized carbons (Fsp3) is 0.250. The first-order valence-electron chi connectivity index (χ1n) is 6.56. The van der Waals surface area contributed by atoms with Gasteiger partial charge in [0.1, 0.15) is 0 Å². The molecule has 0 saturated heterocycles. The van der Waals surface area contributed by atoms with Crippen molar-refractivity contribution >= 4 is 31.6 Å². The number of sulfonamides is 1. The first-order valence-corrected chi connectivity index (χ1v) is 9.20. The van der Waals surface area contributed by atoms with Crippen molar-refractivity contribution in [2.24, 2.45) is 0 Å². The molecule has 0 bridgehead atoms. The van der Waals surface area contributed by atoms with Gasteiger partial charge in [-0.2, -0.15) is 0 Å². The van der Waals surface area contributed by atoms with E-state index in [1.165, 1.54) is 10.6 Å². The fourth-order valence-corrected chi connectivity index (χ4v) is 3.39. The molecule has 2 aromatic rings. The summed E-state index contributed by atoms with van der Waals surface area (Å²) in [7, 11) is -3.34. The molecule has 3 nitrogen and oxygen atoms in total. The van der Waals surface area contributed by atoms with Gasteiger partial charge in [0.25, 0.3) is 0 Å². The van der Waals surface area contributed by atoms with E-state index in [0.29, 0.717) is 12.2 Å². The van der Waals surface area contributed by atoms with Gasteiger partial charge in [0.05, 0.1) is 18.5 Å². The Labute approximate surface area is 134 Å². The van der Waals surface area contributed by atoms with Crippen molar-refractivity contribution in [2.45, 2.75) is 20.4 Å². The van der Waals surface area contributed by atoms with Crippen molar-refractivity contribution in [3.05, 3.63) is 63.6 Å². The maximum absolute atomic E-state index is 12.1. The van der Waals surface area contributed by atoms with Gasteiger partial charge in [0.2, 0.25) is 10.0 Å². The summed E-state index contributed by atoms with van der Waals surface area (Å²) < 4.78 is 26.7. The highest BCUT2D eigenvalue weighted by atomic mass is 79.9. The average Bonchev–Trinajstić information content (AvgIpc) is 2.35. The second kappa shape index (κ2) is 6.20. The van der Waals surface area contributed by atoms with Crippen LogP contribution in [-0.2, 0) is 16.6 Å². The molecule has 0 aliphatic carbocycles. The first-order chi connectivity index (χ1) is 9.75. The van der Waals surface area contributed by atoms with E-state index in [1.807, 2.05) is 56.3 Å². The van der Waals surface area contributed by atoms with Gasteiger partial charge in [-0.15, -0.1) is 0 Å². The SMILES string of the molecule is Cc1cc(C)cc(N(Cc2ccc(Br)cc2)S(C)(=O)=O)c1. The molecule has 0 radical (unpaired) electrons. The quantitative estimate of drug-likeness (QED) is 0.817. The van der Waals surface area contributed by atoms with Crippen LogP contribution in [-0.4, -0.2) is 14.7 Å². The zero-order valence-electron chi connectivity index (χ0n) is 12.3. The lowest BCUT2D eigenvalue weighted by Gasteiger charge is -2.23. The van der Waals surface area contributed by atoms with E-state index < -0.39 is 10.0 Å². The number of hydrogen-bond acceptors (Lipinski definition) is 2. The number of hydrogen-bond donors (Lipinski definition) is 0. The maximum Gasteiger partial charge on any atom is 0.232 e. The van der Waals surface area contributed by atoms with Crippen molar-refractivity contribution in [1.29, 1.82) is 0 Å². The Balaban J connectivity index is 2.42. The molecule has 112 valence electrons. The van der Waals surface area contributed by atoms with Crippen molar-refractivity contribution < 1.29 is 8.42 Å². The number of nitrogens with zero attached hydrogens (tertiary/aromatic N) is 1. The van der Waals surface area contributed by atoms with Crippen LogP contribution in [0.4, 0.5) is 5.69 Å². The van der Waals surface area contributed by atoms with Crippen molar-refractivity contribution in [1.82, 2.24) is 0 Å². The number of halogens is 1. The van der Waals surface area contributed by atoms with Gasteiger partial charge in [-0.3, -0.25) is 4.31 Å². The van der Waals surface area contributed by atoms with Crippen LogP contribution in [0.5, 0.6) is 0 Å². The molecule has 2 rings (SSSR count). The molecule has 21 heavy (non-hydrogen) atoms. The van der Waals surface area contributed by atoms with E-state index in [0.717, 1.165) is 21.2 Å². The van der Waals surface area contributed by atoms with Gasteiger partial charge < -0.3 is 0 Å². The van der Waals surface area contributed by atoms with Crippen LogP contribution in [0.25, 0.3) is 0 Å². The Kier molecular flexibility index (Phi) is 4.74. The van der Waals surface area contributed by atoms with Gasteiger partial charge in [-0.25, -0.2) is 8.42 Å². The van der Waals surface area contributed by atoms with Crippen LogP contribution in [0.2, 0.25) is 0 Å². The predicted octanol–water partition coefficient (Wildman–Crippen LogP) is 4.03. The zero-order chi connectivity index (χ0) is 15.6. The third kappa shape index (κ3) is 4.32. The molecular formula is C16H18BrNO2S. The smallest absolute Gasteiger partial charge is 0.232 e. The molecule has 2 aromatic carbocycles. The summed E-state index contributed by atoms with van der Waals surface area (Å²) in [6.45, 7) is 4.27. The fourth-order valence-electron chi connectivity index (χ4n) is 2.25. The van der Waals surface area contributed by atoms with E-state index in [9.17, 15) is 8.42 Å². The standard InChI is InChI=1S/C16H18BrNO2S/c1-12-8-13(2)10-16(9-12)18(21(3,19)20)11-14-4-6-15(17)7-5-14/h4-10H,11H2,1-3H3. The van der Waals surface area contributed by atoms with Crippen LogP contribution < -0.4 is 4.31 Å². The Hall–Kier alpha value is -1.33. The molecular weight excluding hydrogens is 350 g/mol. The molecule has 0 fully saturated rings. The van der Waals surface area contributed by atoms with Crippen molar-refractivity contribution in [3.8, 4) is 0 Å². The lowest BCUT2D eigenvalue weighted by Crippen LogP contribution is -2.29. The minimum absolute atomic E-state index is 0.328. The van der Waals surface area contributed by atoms with Crippen molar-refractivity contribution in [2.75, 3.05) is 10.6 Å². The van der Waals surface area contributed by atoms with E-state index in [-0.39, 0.29) is 0 Å². The lowest BCUT2D eigenvalue weighted by molar-refractivity contribution is 0.596. The summed E-state index contributed by atoms with van der Waals surface area (Å²) in [6, 6.07) is 13.5. The van der Waals surface area contributed by atoms with E-state index in [1.54, 1.807) is 0 Å². The largest absolute Gasteiger partial charge is 0.266 e. The van der Waals surface area contributed by atoms with Gasteiger partial charge in [0, 0.05) is 4.47 Å². The molecule has 0 aliphatic rings. The van der Waals surface area contributed by atoms with Crippen LogP contribution in [0.15, 0.2) is 46.9 Å². The Bertz CT molecular complexity index is 719. The number of aryl methyl sites for hydroxylation is 2. The molecule has 0 unspecified atom stereocenters. The molecule has 0 spiro atoms. The van der Waals surface area contributed by atoms with E-state index in [4.69, 9.17) is 0 Å². The van der Waals surface area contributed by atoms with Crippen molar-refractivity contribution in [3.63, 3.8) is 0 Å². The summed E-state index contributed by atoms with van der Waals surface area (Å²) in [5, 5.41) is 0. The average molecular weight is 368 g/mol.